The molecule has 1 atom stereocenters. The zero-order valence-electron chi connectivity index (χ0n) is 18.4. The van der Waals surface area contributed by atoms with Crippen LogP contribution in [-0.2, 0) is 23.9 Å². The van der Waals surface area contributed by atoms with Crippen molar-refractivity contribution >= 4 is 17.4 Å². The molecule has 3 aromatic rings. The summed E-state index contributed by atoms with van der Waals surface area (Å²) in [5, 5.41) is -0.384. The number of anilines is 1. The third-order valence-corrected chi connectivity index (χ3v) is 6.25. The van der Waals surface area contributed by atoms with E-state index < -0.39 is 11.7 Å². The predicted molar refractivity (Wildman–Crippen MR) is 123 cm³/mol. The molecule has 2 aliphatic rings. The van der Waals surface area contributed by atoms with Crippen LogP contribution < -0.4 is 20.1 Å². The van der Waals surface area contributed by atoms with Crippen molar-refractivity contribution in [1.29, 1.82) is 0 Å². The smallest absolute Gasteiger partial charge is 0.417 e. The first kappa shape index (κ1) is 23.5. The Bertz CT molecular complexity index is 1280. The highest BCUT2D eigenvalue weighted by molar-refractivity contribution is 6.31. The maximum Gasteiger partial charge on any atom is 0.417 e. The standard InChI is InChI=1S/C24H21ClF3N3O4/c25-20-6-5-18(11-19(20)24(26,27)28)35-17-3-1-15(2-4-17)7-9-34-21-12-22-30-8-10-33-14-16(30)13-31(22)23(32)29-21/h1-6,11-12,16H,7-10,13-14H2. The summed E-state index contributed by atoms with van der Waals surface area (Å²) in [6.07, 6.45) is -4.02. The molecule has 0 amide bonds. The number of ether oxygens (including phenoxy) is 3. The average Bonchev–Trinajstić information content (AvgIpc) is 3.20. The summed E-state index contributed by atoms with van der Waals surface area (Å²) in [6, 6.07) is 12.2. The lowest BCUT2D eigenvalue weighted by molar-refractivity contribution is -0.137. The maximum atomic E-state index is 13.0. The first-order valence-corrected chi connectivity index (χ1v) is 11.4. The van der Waals surface area contributed by atoms with E-state index in [9.17, 15) is 18.0 Å². The molecule has 3 heterocycles. The molecular formula is C24H21ClF3N3O4. The summed E-state index contributed by atoms with van der Waals surface area (Å²) < 4.78 is 57.5. The molecule has 7 nitrogen and oxygen atoms in total. The van der Waals surface area contributed by atoms with Crippen molar-refractivity contribution in [2.45, 2.75) is 25.2 Å². The monoisotopic (exact) mass is 507 g/mol. The Labute approximate surface area is 203 Å². The van der Waals surface area contributed by atoms with Gasteiger partial charge in [0.1, 0.15) is 17.3 Å². The minimum Gasteiger partial charge on any atom is -0.477 e. The molecule has 2 aromatic carbocycles. The average molecular weight is 508 g/mol. The lowest BCUT2D eigenvalue weighted by atomic mass is 10.1. The van der Waals surface area contributed by atoms with Crippen LogP contribution in [0.4, 0.5) is 19.0 Å². The summed E-state index contributed by atoms with van der Waals surface area (Å²) in [4.78, 5) is 18.6. The summed E-state index contributed by atoms with van der Waals surface area (Å²) in [6.45, 7) is 2.77. The van der Waals surface area contributed by atoms with Crippen molar-refractivity contribution in [3.05, 3.63) is 75.2 Å². The van der Waals surface area contributed by atoms with Gasteiger partial charge < -0.3 is 19.1 Å². The van der Waals surface area contributed by atoms with Gasteiger partial charge in [-0.25, -0.2) is 4.79 Å². The van der Waals surface area contributed by atoms with Crippen molar-refractivity contribution in [3.63, 3.8) is 0 Å². The van der Waals surface area contributed by atoms with E-state index in [-0.39, 0.29) is 28.4 Å². The molecular weight excluding hydrogens is 487 g/mol. The number of aromatic nitrogens is 2. The van der Waals surface area contributed by atoms with Crippen LogP contribution in [0, 0.1) is 0 Å². The van der Waals surface area contributed by atoms with E-state index in [0.29, 0.717) is 38.5 Å². The molecule has 1 saturated heterocycles. The SMILES string of the molecule is O=c1nc(OCCc2ccc(Oc3ccc(Cl)c(C(F)(F)F)c3)cc2)cc2n1CC1COCCN21. The number of rotatable bonds is 6. The van der Waals surface area contributed by atoms with Gasteiger partial charge in [0.05, 0.1) is 43.0 Å². The van der Waals surface area contributed by atoms with Gasteiger partial charge in [-0.05, 0) is 35.9 Å². The van der Waals surface area contributed by atoms with E-state index in [1.165, 1.54) is 6.07 Å². The molecule has 1 fully saturated rings. The Hall–Kier alpha value is -3.24. The molecule has 35 heavy (non-hydrogen) atoms. The summed E-state index contributed by atoms with van der Waals surface area (Å²) in [5.74, 6) is 1.50. The van der Waals surface area contributed by atoms with Crippen LogP contribution in [0.2, 0.25) is 5.02 Å². The second kappa shape index (κ2) is 9.43. The minimum absolute atomic E-state index is 0.0364. The Balaban J connectivity index is 1.19. The second-order valence-corrected chi connectivity index (χ2v) is 8.66. The number of benzene rings is 2. The molecule has 0 spiro atoms. The van der Waals surface area contributed by atoms with Crippen LogP contribution in [-0.4, -0.2) is 42.0 Å². The number of nitrogens with zero attached hydrogens (tertiary/aromatic N) is 3. The van der Waals surface area contributed by atoms with Gasteiger partial charge in [-0.2, -0.15) is 18.2 Å². The maximum absolute atomic E-state index is 13.0. The van der Waals surface area contributed by atoms with Crippen molar-refractivity contribution in [3.8, 4) is 17.4 Å². The van der Waals surface area contributed by atoms with E-state index in [4.69, 9.17) is 25.8 Å². The van der Waals surface area contributed by atoms with Gasteiger partial charge in [0, 0.05) is 19.0 Å². The number of hydrogen-bond acceptors (Lipinski definition) is 6. The number of fused-ring (bicyclic) bond motifs is 3. The highest BCUT2D eigenvalue weighted by Gasteiger charge is 2.34. The molecule has 0 aliphatic carbocycles. The lowest BCUT2D eigenvalue weighted by Crippen LogP contribution is -2.43. The van der Waals surface area contributed by atoms with Crippen molar-refractivity contribution < 1.29 is 27.4 Å². The van der Waals surface area contributed by atoms with E-state index >= 15 is 0 Å². The fourth-order valence-corrected chi connectivity index (χ4v) is 4.42. The molecule has 11 heteroatoms. The van der Waals surface area contributed by atoms with Crippen molar-refractivity contribution in [1.82, 2.24) is 9.55 Å². The zero-order chi connectivity index (χ0) is 24.6. The Morgan fingerprint density at radius 1 is 1.11 bits per heavy atom. The van der Waals surface area contributed by atoms with Crippen molar-refractivity contribution in [2.24, 2.45) is 0 Å². The fraction of sp³-hybridized carbons (Fsp3) is 0.333. The predicted octanol–water partition coefficient (Wildman–Crippen LogP) is 4.55. The molecule has 0 N–H and O–H groups in total. The number of hydrogen-bond donors (Lipinski definition) is 0. The van der Waals surface area contributed by atoms with Crippen LogP contribution in [0.5, 0.6) is 17.4 Å². The van der Waals surface area contributed by atoms with Crippen LogP contribution >= 0.6 is 11.6 Å². The van der Waals surface area contributed by atoms with Crippen LogP contribution in [0.1, 0.15) is 11.1 Å². The van der Waals surface area contributed by atoms with Crippen molar-refractivity contribution in [2.75, 3.05) is 31.3 Å². The van der Waals surface area contributed by atoms with Gasteiger partial charge in [-0.1, -0.05) is 23.7 Å². The normalized spacial score (nSPS) is 17.1. The number of morpholine rings is 1. The lowest BCUT2D eigenvalue weighted by Gasteiger charge is -2.30. The summed E-state index contributed by atoms with van der Waals surface area (Å²) in [7, 11) is 0. The second-order valence-electron chi connectivity index (χ2n) is 8.25. The molecule has 184 valence electrons. The molecule has 2 aliphatic heterocycles. The van der Waals surface area contributed by atoms with Gasteiger partial charge in [0.25, 0.3) is 0 Å². The summed E-state index contributed by atoms with van der Waals surface area (Å²) in [5.41, 5.74) is -0.366. The van der Waals surface area contributed by atoms with Gasteiger partial charge >= 0.3 is 11.9 Å². The van der Waals surface area contributed by atoms with Crippen LogP contribution in [0.25, 0.3) is 0 Å². The fourth-order valence-electron chi connectivity index (χ4n) is 4.19. The van der Waals surface area contributed by atoms with Gasteiger partial charge in [0.15, 0.2) is 0 Å². The van der Waals surface area contributed by atoms with Gasteiger partial charge in [0.2, 0.25) is 5.88 Å². The quantitative estimate of drug-likeness (QED) is 0.488. The highest BCUT2D eigenvalue weighted by atomic mass is 35.5. The van der Waals surface area contributed by atoms with Crippen LogP contribution in [0.3, 0.4) is 0 Å². The molecule has 1 unspecified atom stereocenters. The third-order valence-electron chi connectivity index (χ3n) is 5.92. The molecule has 0 saturated carbocycles. The minimum atomic E-state index is -4.57. The Kier molecular flexibility index (Phi) is 6.33. The van der Waals surface area contributed by atoms with E-state index in [0.717, 1.165) is 30.1 Å². The topological polar surface area (TPSA) is 65.8 Å². The Morgan fingerprint density at radius 2 is 1.89 bits per heavy atom. The first-order chi connectivity index (χ1) is 16.8. The number of alkyl halides is 3. The van der Waals surface area contributed by atoms with Gasteiger partial charge in [-0.15, -0.1) is 0 Å². The molecule has 0 bridgehead atoms. The van der Waals surface area contributed by atoms with E-state index in [2.05, 4.69) is 9.88 Å². The van der Waals surface area contributed by atoms with Crippen LogP contribution in [0.15, 0.2) is 53.3 Å². The Morgan fingerprint density at radius 3 is 2.66 bits per heavy atom. The molecule has 1 aromatic heterocycles. The highest BCUT2D eigenvalue weighted by Crippen LogP contribution is 2.37. The number of halogens is 4. The largest absolute Gasteiger partial charge is 0.477 e. The first-order valence-electron chi connectivity index (χ1n) is 11.0. The van der Waals surface area contributed by atoms with Gasteiger partial charge in [-0.3, -0.25) is 4.57 Å². The van der Waals surface area contributed by atoms with E-state index in [1.54, 1.807) is 34.9 Å². The molecule has 5 rings (SSSR count). The molecule has 0 radical (unpaired) electrons. The third kappa shape index (κ3) is 5.08. The van der Waals surface area contributed by atoms with E-state index in [1.807, 2.05) is 0 Å². The zero-order valence-corrected chi connectivity index (χ0v) is 19.2. The summed E-state index contributed by atoms with van der Waals surface area (Å²) >= 11 is 5.65.